The van der Waals surface area contributed by atoms with Gasteiger partial charge in [-0.15, -0.1) is 0 Å². The summed E-state index contributed by atoms with van der Waals surface area (Å²) in [7, 11) is 0. The van der Waals surface area contributed by atoms with Crippen molar-refractivity contribution in [3.63, 3.8) is 0 Å². The van der Waals surface area contributed by atoms with Crippen LogP contribution in [0.25, 0.3) is 0 Å². The van der Waals surface area contributed by atoms with Crippen LogP contribution in [-0.4, -0.2) is 31.8 Å². The third kappa shape index (κ3) is 5.94. The highest BCUT2D eigenvalue weighted by Gasteiger charge is 2.16. The number of hydrogen-bond donors (Lipinski definition) is 1. The molecule has 0 saturated carbocycles. The minimum atomic E-state index is -0.192. The monoisotopic (exact) mass is 203 g/mol. The highest BCUT2D eigenvalue weighted by molar-refractivity contribution is 5.72. The molecule has 0 aliphatic rings. The molecule has 0 spiro atoms. The fourth-order valence-corrected chi connectivity index (χ4v) is 1.00. The van der Waals surface area contributed by atoms with Crippen molar-refractivity contribution in [3.8, 4) is 0 Å². The SMILES string of the molecule is CCOCC(C)OC(=O)C(C)CCN. The van der Waals surface area contributed by atoms with Crippen LogP contribution in [0.2, 0.25) is 0 Å². The number of nitrogens with two attached hydrogens (primary N) is 1. The molecular weight excluding hydrogens is 182 g/mol. The first-order valence-corrected chi connectivity index (χ1v) is 5.10. The maximum Gasteiger partial charge on any atom is 0.309 e. The van der Waals surface area contributed by atoms with Crippen LogP contribution in [-0.2, 0) is 14.3 Å². The fraction of sp³-hybridized carbons (Fsp3) is 0.900. The summed E-state index contributed by atoms with van der Waals surface area (Å²) in [6, 6.07) is 0. The van der Waals surface area contributed by atoms with Gasteiger partial charge in [-0.1, -0.05) is 6.92 Å². The number of rotatable bonds is 7. The maximum atomic E-state index is 11.4. The highest BCUT2D eigenvalue weighted by Crippen LogP contribution is 2.05. The van der Waals surface area contributed by atoms with E-state index in [0.29, 0.717) is 26.2 Å². The van der Waals surface area contributed by atoms with E-state index >= 15 is 0 Å². The molecule has 0 aromatic carbocycles. The Labute approximate surface area is 85.8 Å². The second-order valence-electron chi connectivity index (χ2n) is 3.39. The van der Waals surface area contributed by atoms with Crippen molar-refractivity contribution < 1.29 is 14.3 Å². The lowest BCUT2D eigenvalue weighted by atomic mass is 10.1. The van der Waals surface area contributed by atoms with Gasteiger partial charge in [-0.25, -0.2) is 0 Å². The molecule has 2 unspecified atom stereocenters. The van der Waals surface area contributed by atoms with E-state index in [9.17, 15) is 4.79 Å². The van der Waals surface area contributed by atoms with Crippen LogP contribution in [0.4, 0.5) is 0 Å². The molecule has 0 aromatic rings. The molecule has 0 aliphatic carbocycles. The third-order valence-electron chi connectivity index (χ3n) is 1.88. The zero-order valence-corrected chi connectivity index (χ0v) is 9.29. The second-order valence-corrected chi connectivity index (χ2v) is 3.39. The molecule has 4 heteroatoms. The van der Waals surface area contributed by atoms with E-state index < -0.39 is 0 Å². The number of ether oxygens (including phenoxy) is 2. The van der Waals surface area contributed by atoms with Crippen molar-refractivity contribution >= 4 is 5.97 Å². The summed E-state index contributed by atoms with van der Waals surface area (Å²) in [4.78, 5) is 11.4. The number of hydrogen-bond acceptors (Lipinski definition) is 4. The molecule has 0 amide bonds. The summed E-state index contributed by atoms with van der Waals surface area (Å²) in [5, 5.41) is 0. The zero-order chi connectivity index (χ0) is 11.0. The summed E-state index contributed by atoms with van der Waals surface area (Å²) in [5.74, 6) is -0.313. The molecule has 0 fully saturated rings. The van der Waals surface area contributed by atoms with Crippen LogP contribution in [0.1, 0.15) is 27.2 Å². The van der Waals surface area contributed by atoms with Gasteiger partial charge < -0.3 is 15.2 Å². The van der Waals surface area contributed by atoms with Gasteiger partial charge in [0.05, 0.1) is 12.5 Å². The second kappa shape index (κ2) is 7.76. The molecule has 84 valence electrons. The smallest absolute Gasteiger partial charge is 0.309 e. The minimum Gasteiger partial charge on any atom is -0.460 e. The molecule has 0 aliphatic heterocycles. The Bertz CT molecular complexity index is 161. The van der Waals surface area contributed by atoms with E-state index in [1.165, 1.54) is 0 Å². The molecule has 0 heterocycles. The third-order valence-corrected chi connectivity index (χ3v) is 1.88. The van der Waals surface area contributed by atoms with Gasteiger partial charge in [-0.3, -0.25) is 4.79 Å². The summed E-state index contributed by atoms with van der Waals surface area (Å²) >= 11 is 0. The predicted octanol–water partition coefficient (Wildman–Crippen LogP) is 0.940. The number of carbonyl (C=O) groups excluding carboxylic acids is 1. The first-order chi connectivity index (χ1) is 6.61. The van der Waals surface area contributed by atoms with Crippen molar-refractivity contribution in [2.45, 2.75) is 33.3 Å². The average molecular weight is 203 g/mol. The highest BCUT2D eigenvalue weighted by atomic mass is 16.6. The van der Waals surface area contributed by atoms with Gasteiger partial charge in [0.25, 0.3) is 0 Å². The molecule has 0 aromatic heterocycles. The van der Waals surface area contributed by atoms with E-state index in [0.717, 1.165) is 0 Å². The molecule has 14 heavy (non-hydrogen) atoms. The van der Waals surface area contributed by atoms with Gasteiger partial charge >= 0.3 is 5.97 Å². The standard InChI is InChI=1S/C10H21NO3/c1-4-13-7-9(3)14-10(12)8(2)5-6-11/h8-9H,4-7,11H2,1-3H3. The fourth-order valence-electron chi connectivity index (χ4n) is 1.00. The Balaban J connectivity index is 3.69. The van der Waals surface area contributed by atoms with Crippen LogP contribution < -0.4 is 5.73 Å². The normalized spacial score (nSPS) is 14.9. The van der Waals surface area contributed by atoms with Crippen molar-refractivity contribution in [1.29, 1.82) is 0 Å². The molecule has 0 radical (unpaired) electrons. The first kappa shape index (κ1) is 13.4. The predicted molar refractivity (Wildman–Crippen MR) is 54.9 cm³/mol. The van der Waals surface area contributed by atoms with Crippen LogP contribution in [0.3, 0.4) is 0 Å². The molecular formula is C10H21NO3. The quantitative estimate of drug-likeness (QED) is 0.625. The van der Waals surface area contributed by atoms with Crippen molar-refractivity contribution in [2.75, 3.05) is 19.8 Å². The lowest BCUT2D eigenvalue weighted by molar-refractivity contribution is -0.155. The van der Waals surface area contributed by atoms with Crippen molar-refractivity contribution in [2.24, 2.45) is 11.7 Å². The first-order valence-electron chi connectivity index (χ1n) is 5.10. The molecule has 2 atom stereocenters. The van der Waals surface area contributed by atoms with E-state index in [2.05, 4.69) is 0 Å². The van der Waals surface area contributed by atoms with Gasteiger partial charge in [0.1, 0.15) is 6.10 Å². The Kier molecular flexibility index (Phi) is 7.42. The van der Waals surface area contributed by atoms with Gasteiger partial charge in [0.2, 0.25) is 0 Å². The lowest BCUT2D eigenvalue weighted by Crippen LogP contribution is -2.25. The summed E-state index contributed by atoms with van der Waals surface area (Å²) < 4.78 is 10.3. The van der Waals surface area contributed by atoms with Crippen LogP contribution in [0, 0.1) is 5.92 Å². The zero-order valence-electron chi connectivity index (χ0n) is 9.29. The molecule has 0 bridgehead atoms. The minimum absolute atomic E-state index is 0.121. The van der Waals surface area contributed by atoms with Crippen LogP contribution in [0.5, 0.6) is 0 Å². The maximum absolute atomic E-state index is 11.4. The lowest BCUT2D eigenvalue weighted by Gasteiger charge is -2.16. The van der Waals surface area contributed by atoms with E-state index in [4.69, 9.17) is 15.2 Å². The largest absolute Gasteiger partial charge is 0.460 e. The Morgan fingerprint density at radius 2 is 2.07 bits per heavy atom. The van der Waals surface area contributed by atoms with Crippen molar-refractivity contribution in [3.05, 3.63) is 0 Å². The van der Waals surface area contributed by atoms with Gasteiger partial charge in [-0.2, -0.15) is 0 Å². The summed E-state index contributed by atoms with van der Waals surface area (Å²) in [5.41, 5.74) is 5.35. The van der Waals surface area contributed by atoms with Crippen molar-refractivity contribution in [1.82, 2.24) is 0 Å². The number of esters is 1. The van der Waals surface area contributed by atoms with Gasteiger partial charge in [-0.05, 0) is 26.8 Å². The Morgan fingerprint density at radius 1 is 1.43 bits per heavy atom. The topological polar surface area (TPSA) is 61.5 Å². The Morgan fingerprint density at radius 3 is 2.57 bits per heavy atom. The molecule has 2 N–H and O–H groups in total. The average Bonchev–Trinajstić information content (AvgIpc) is 2.15. The molecule has 4 nitrogen and oxygen atoms in total. The van der Waals surface area contributed by atoms with E-state index in [1.54, 1.807) is 0 Å². The van der Waals surface area contributed by atoms with Gasteiger partial charge in [0, 0.05) is 6.61 Å². The molecule has 0 rings (SSSR count). The summed E-state index contributed by atoms with van der Waals surface area (Å²) in [6.07, 6.45) is 0.489. The summed E-state index contributed by atoms with van der Waals surface area (Å²) in [6.45, 7) is 7.16. The van der Waals surface area contributed by atoms with E-state index in [-0.39, 0.29) is 18.0 Å². The number of carbonyl (C=O) groups is 1. The van der Waals surface area contributed by atoms with E-state index in [1.807, 2.05) is 20.8 Å². The van der Waals surface area contributed by atoms with Crippen LogP contribution in [0.15, 0.2) is 0 Å². The van der Waals surface area contributed by atoms with Crippen LogP contribution >= 0.6 is 0 Å². The van der Waals surface area contributed by atoms with Gasteiger partial charge in [0.15, 0.2) is 0 Å². The molecule has 0 saturated heterocycles. The Hall–Kier alpha value is -0.610.